The molecule has 0 saturated carbocycles. The number of phosphoric acid groups is 1. The first-order valence-corrected chi connectivity index (χ1v) is 31.0. The Labute approximate surface area is 466 Å². The van der Waals surface area contributed by atoms with E-state index in [1.807, 2.05) is 27.2 Å². The number of aliphatic hydroxyl groups excluding tert-OH is 1. The third-order valence-electron chi connectivity index (χ3n) is 11.9. The van der Waals surface area contributed by atoms with Gasteiger partial charge in [0.1, 0.15) is 13.2 Å². The molecule has 0 spiro atoms. The van der Waals surface area contributed by atoms with Gasteiger partial charge in [0.15, 0.2) is 0 Å². The minimum Gasteiger partial charge on any atom is -0.756 e. The molecule has 1 amide bonds. The van der Waals surface area contributed by atoms with Crippen molar-refractivity contribution < 1.29 is 32.9 Å². The molecule has 3 atom stereocenters. The number of carbonyl (C=O) groups excluding carboxylic acids is 1. The van der Waals surface area contributed by atoms with E-state index in [0.717, 1.165) is 109 Å². The van der Waals surface area contributed by atoms with E-state index >= 15 is 0 Å². The monoisotopic (exact) mass is 1070 g/mol. The number of rotatable bonds is 51. The highest BCUT2D eigenvalue weighted by atomic mass is 31.2. The highest BCUT2D eigenvalue weighted by Crippen LogP contribution is 2.38. The second-order valence-electron chi connectivity index (χ2n) is 20.3. The van der Waals surface area contributed by atoms with Gasteiger partial charge >= 0.3 is 0 Å². The lowest BCUT2D eigenvalue weighted by atomic mass is 10.1. The van der Waals surface area contributed by atoms with Gasteiger partial charge in [-0.25, -0.2) is 0 Å². The summed E-state index contributed by atoms with van der Waals surface area (Å²) < 4.78 is 23.3. The molecule has 0 aromatic carbocycles. The molecule has 8 nitrogen and oxygen atoms in total. The van der Waals surface area contributed by atoms with Gasteiger partial charge in [0.2, 0.25) is 5.91 Å². The van der Waals surface area contributed by atoms with Crippen molar-refractivity contribution in [2.24, 2.45) is 0 Å². The number of carbonyl (C=O) groups is 1. The summed E-state index contributed by atoms with van der Waals surface area (Å²) in [6.45, 7) is 4.44. The van der Waals surface area contributed by atoms with Crippen LogP contribution >= 0.6 is 7.82 Å². The molecule has 0 aliphatic heterocycles. The summed E-state index contributed by atoms with van der Waals surface area (Å²) in [5.41, 5.74) is 0. The van der Waals surface area contributed by atoms with E-state index < -0.39 is 26.6 Å². The molecule has 9 heteroatoms. The van der Waals surface area contributed by atoms with Crippen LogP contribution in [0.2, 0.25) is 0 Å². The van der Waals surface area contributed by atoms with Crippen LogP contribution in [0, 0.1) is 0 Å². The second-order valence-corrected chi connectivity index (χ2v) is 21.7. The molecule has 2 N–H and O–H groups in total. The number of phosphoric ester groups is 1. The van der Waals surface area contributed by atoms with Gasteiger partial charge in [-0.05, 0) is 122 Å². The molecule has 76 heavy (non-hydrogen) atoms. The Morgan fingerprint density at radius 2 is 0.816 bits per heavy atom. The number of amides is 1. The van der Waals surface area contributed by atoms with Gasteiger partial charge in [-0.1, -0.05) is 235 Å². The number of quaternary nitrogens is 1. The summed E-state index contributed by atoms with van der Waals surface area (Å²) in [6, 6.07) is -0.940. The van der Waals surface area contributed by atoms with Gasteiger partial charge in [0, 0.05) is 6.42 Å². The minimum atomic E-state index is -4.63. The molecule has 0 rings (SSSR count). The minimum absolute atomic E-state index is 0.0245. The fourth-order valence-corrected chi connectivity index (χ4v) is 8.05. The molecule has 0 aliphatic carbocycles. The summed E-state index contributed by atoms with van der Waals surface area (Å²) in [4.78, 5) is 25.4. The standard InChI is InChI=1S/C67H109N2O6P/c1-6-8-10-12-14-16-18-20-22-23-24-25-26-27-28-29-30-31-32-33-34-35-36-37-38-39-40-41-42-43-44-45-47-49-51-53-55-57-59-61-67(71)68-65(64-75-76(72,73)74-63-62-69(3,4)5)66(70)60-58-56-54-52-50-48-46-21-19-17-15-13-11-9-7-2/h8,10,14,16,20,22,24-25,27-28,30-31,33-34,36-37,39-40,42-43,45,47,50-53,58,60,65-66,70H,6-7,9,11-13,15,17-19,21,23,26,29,32,35,38,41,44,46,48-49,54-57,59,61-64H2,1-5H3,(H-,68,71,72,73)/b10-8-,16-14-,22-20-,25-24-,28-27-,31-30-,34-33-,37-36-,40-39-,43-42-,47-45-,52-50+,53-51-,60-58+. The van der Waals surface area contributed by atoms with Crippen LogP contribution in [0.4, 0.5) is 0 Å². The first-order valence-electron chi connectivity index (χ1n) is 29.5. The van der Waals surface area contributed by atoms with Crippen LogP contribution in [0.5, 0.6) is 0 Å². The number of allylic oxidation sites excluding steroid dienone is 27. The van der Waals surface area contributed by atoms with Crippen LogP contribution in [-0.2, 0) is 18.4 Å². The van der Waals surface area contributed by atoms with E-state index in [1.165, 1.54) is 57.8 Å². The Morgan fingerprint density at radius 1 is 0.474 bits per heavy atom. The highest BCUT2D eigenvalue weighted by Gasteiger charge is 2.23. The number of nitrogens with zero attached hydrogens (tertiary/aromatic N) is 1. The second kappa shape index (κ2) is 55.6. The highest BCUT2D eigenvalue weighted by molar-refractivity contribution is 7.45. The van der Waals surface area contributed by atoms with Gasteiger partial charge in [0.25, 0.3) is 7.82 Å². The third-order valence-corrected chi connectivity index (χ3v) is 12.9. The molecule has 0 heterocycles. The Kier molecular flexibility index (Phi) is 52.6. The Hall–Kier alpha value is -4.14. The SMILES string of the molecule is CC/C=C\C/C=C\C/C=C\C/C=C\C/C=C\C/C=C\C/C=C\C/C=C\C/C=C\C/C=C\C/C=C\C/C=C\CCCCC(=O)NC(COP(=O)([O-])OCC[N+](C)(C)C)C(O)/C=C/CC/C=C/CCCCCCCCCCC. The summed E-state index contributed by atoms with van der Waals surface area (Å²) in [5, 5.41) is 13.8. The van der Waals surface area contributed by atoms with Crippen molar-refractivity contribution in [3.63, 3.8) is 0 Å². The number of hydrogen-bond donors (Lipinski definition) is 2. The number of aliphatic hydroxyl groups is 1. The number of likely N-dealkylation sites (N-methyl/N-ethyl adjacent to an activating group) is 1. The smallest absolute Gasteiger partial charge is 0.268 e. The first kappa shape index (κ1) is 71.9. The lowest BCUT2D eigenvalue weighted by Gasteiger charge is -2.29. The largest absolute Gasteiger partial charge is 0.756 e. The number of nitrogens with one attached hydrogen (secondary N) is 1. The first-order chi connectivity index (χ1) is 37.0. The van der Waals surface area contributed by atoms with Gasteiger partial charge in [0.05, 0.1) is 39.9 Å². The van der Waals surface area contributed by atoms with Crippen LogP contribution in [0.1, 0.15) is 194 Å². The van der Waals surface area contributed by atoms with Crippen LogP contribution in [-0.4, -0.2) is 68.5 Å². The third kappa shape index (κ3) is 57.6. The zero-order valence-corrected chi connectivity index (χ0v) is 49.5. The van der Waals surface area contributed by atoms with Crippen LogP contribution in [0.3, 0.4) is 0 Å². The number of unbranched alkanes of at least 4 members (excludes halogenated alkanes) is 12. The zero-order valence-electron chi connectivity index (χ0n) is 48.6. The summed E-state index contributed by atoms with van der Waals surface area (Å²) in [5.74, 6) is -0.258. The van der Waals surface area contributed by atoms with Crippen LogP contribution in [0.15, 0.2) is 170 Å². The number of hydrogen-bond acceptors (Lipinski definition) is 6. The van der Waals surface area contributed by atoms with Gasteiger partial charge in [-0.3, -0.25) is 9.36 Å². The maximum absolute atomic E-state index is 12.9. The van der Waals surface area contributed by atoms with Crippen molar-refractivity contribution >= 4 is 13.7 Å². The van der Waals surface area contributed by atoms with Gasteiger partial charge in [-0.2, -0.15) is 0 Å². The fraction of sp³-hybridized carbons (Fsp3) is 0.567. The summed E-state index contributed by atoms with van der Waals surface area (Å²) >= 11 is 0. The predicted octanol–water partition coefficient (Wildman–Crippen LogP) is 17.8. The van der Waals surface area contributed by atoms with Crippen molar-refractivity contribution in [1.29, 1.82) is 0 Å². The zero-order chi connectivity index (χ0) is 55.6. The molecule has 0 fully saturated rings. The Morgan fingerprint density at radius 3 is 1.22 bits per heavy atom. The van der Waals surface area contributed by atoms with E-state index in [4.69, 9.17) is 9.05 Å². The molecule has 0 bridgehead atoms. The van der Waals surface area contributed by atoms with E-state index in [1.54, 1.807) is 6.08 Å². The quantitative estimate of drug-likeness (QED) is 0.0272. The van der Waals surface area contributed by atoms with Crippen molar-refractivity contribution in [1.82, 2.24) is 5.32 Å². The maximum atomic E-state index is 12.9. The van der Waals surface area contributed by atoms with Crippen molar-refractivity contribution in [2.75, 3.05) is 40.9 Å². The van der Waals surface area contributed by atoms with E-state index in [-0.39, 0.29) is 18.9 Å². The van der Waals surface area contributed by atoms with E-state index in [2.05, 4.69) is 177 Å². The predicted molar refractivity (Wildman–Crippen MR) is 329 cm³/mol. The van der Waals surface area contributed by atoms with Crippen molar-refractivity contribution in [3.05, 3.63) is 170 Å². The van der Waals surface area contributed by atoms with Crippen molar-refractivity contribution in [2.45, 2.75) is 206 Å². The molecule has 0 aromatic heterocycles. The van der Waals surface area contributed by atoms with Gasteiger partial charge < -0.3 is 28.8 Å². The maximum Gasteiger partial charge on any atom is 0.268 e. The average molecular weight is 1070 g/mol. The lowest BCUT2D eigenvalue weighted by Crippen LogP contribution is -2.45. The van der Waals surface area contributed by atoms with Crippen LogP contribution in [0.25, 0.3) is 0 Å². The molecule has 428 valence electrons. The molecule has 0 aliphatic rings. The molecule has 0 radical (unpaired) electrons. The molecular weight excluding hydrogens is 960 g/mol. The van der Waals surface area contributed by atoms with Gasteiger partial charge in [-0.15, -0.1) is 0 Å². The Balaban J connectivity index is 4.30. The molecule has 0 aromatic rings. The molecular formula is C67H109N2O6P. The average Bonchev–Trinajstić information content (AvgIpc) is 3.38. The lowest BCUT2D eigenvalue weighted by molar-refractivity contribution is -0.870. The topological polar surface area (TPSA) is 108 Å². The molecule has 0 saturated heterocycles. The molecule has 3 unspecified atom stereocenters. The van der Waals surface area contributed by atoms with E-state index in [0.29, 0.717) is 17.4 Å². The summed E-state index contributed by atoms with van der Waals surface area (Å²) in [7, 11) is 1.19. The van der Waals surface area contributed by atoms with E-state index in [9.17, 15) is 19.4 Å². The fourth-order valence-electron chi connectivity index (χ4n) is 7.32. The van der Waals surface area contributed by atoms with Crippen molar-refractivity contribution in [3.8, 4) is 0 Å². The summed E-state index contributed by atoms with van der Waals surface area (Å²) in [6.07, 6.45) is 88.7. The normalized spacial score (nSPS) is 15.1. The van der Waals surface area contributed by atoms with Crippen LogP contribution < -0.4 is 10.2 Å². The Bertz CT molecular complexity index is 1840.